The second-order valence-corrected chi connectivity index (χ2v) is 6.36. The molecule has 1 aromatic rings. The van der Waals surface area contributed by atoms with Gasteiger partial charge in [0.1, 0.15) is 9.84 Å². The largest absolute Gasteiger partial charge is 0.388 e. The molecule has 0 radical (unpaired) electrons. The molecular weight excluding hydrogens is 228 g/mol. The van der Waals surface area contributed by atoms with Gasteiger partial charge in [-0.1, -0.05) is 0 Å². The van der Waals surface area contributed by atoms with Crippen LogP contribution in [0.5, 0.6) is 0 Å². The highest BCUT2D eigenvalue weighted by molar-refractivity contribution is 7.90. The molecule has 1 N–H and O–H groups in total. The van der Waals surface area contributed by atoms with Gasteiger partial charge in [0.15, 0.2) is 0 Å². The highest BCUT2D eigenvalue weighted by Crippen LogP contribution is 2.21. The number of aryl methyl sites for hydroxylation is 1. The summed E-state index contributed by atoms with van der Waals surface area (Å²) in [5, 5.41) is 13.9. The topological polar surface area (TPSA) is 72.2 Å². The summed E-state index contributed by atoms with van der Waals surface area (Å²) in [6.45, 7) is 1.88. The van der Waals surface area contributed by atoms with E-state index in [0.29, 0.717) is 12.8 Å². The van der Waals surface area contributed by atoms with Gasteiger partial charge in [-0.15, -0.1) is 0 Å². The maximum absolute atomic E-state index is 10.9. The van der Waals surface area contributed by atoms with E-state index in [2.05, 4.69) is 5.10 Å². The molecule has 0 fully saturated rings. The van der Waals surface area contributed by atoms with Crippen LogP contribution < -0.4 is 0 Å². The van der Waals surface area contributed by atoms with E-state index in [1.165, 1.54) is 6.26 Å². The van der Waals surface area contributed by atoms with Crippen molar-refractivity contribution in [1.29, 1.82) is 0 Å². The Morgan fingerprint density at radius 3 is 2.62 bits per heavy atom. The van der Waals surface area contributed by atoms with Crippen LogP contribution in [0.4, 0.5) is 0 Å². The van der Waals surface area contributed by atoms with Gasteiger partial charge in [0, 0.05) is 30.3 Å². The average molecular weight is 246 g/mol. The molecule has 0 amide bonds. The van der Waals surface area contributed by atoms with E-state index in [1.807, 2.05) is 14.0 Å². The molecule has 6 heteroatoms. The molecule has 92 valence electrons. The van der Waals surface area contributed by atoms with Gasteiger partial charge in [-0.05, 0) is 19.8 Å². The first-order valence-corrected chi connectivity index (χ1v) is 7.21. The van der Waals surface area contributed by atoms with Crippen LogP contribution in [-0.4, -0.2) is 35.3 Å². The smallest absolute Gasteiger partial charge is 0.147 e. The zero-order valence-corrected chi connectivity index (χ0v) is 10.7. The number of hydrogen-bond acceptors (Lipinski definition) is 4. The van der Waals surface area contributed by atoms with Crippen LogP contribution in [0.25, 0.3) is 0 Å². The van der Waals surface area contributed by atoms with Crippen molar-refractivity contribution in [2.45, 2.75) is 25.9 Å². The molecule has 0 aliphatic heterocycles. The van der Waals surface area contributed by atoms with Gasteiger partial charge in [0.25, 0.3) is 0 Å². The lowest BCUT2D eigenvalue weighted by molar-refractivity contribution is 0.166. The Bertz CT molecular complexity index is 451. The number of nitrogens with zero attached hydrogens (tertiary/aromatic N) is 2. The van der Waals surface area contributed by atoms with E-state index in [4.69, 9.17) is 0 Å². The summed E-state index contributed by atoms with van der Waals surface area (Å²) in [6, 6.07) is 0. The fourth-order valence-corrected chi connectivity index (χ4v) is 2.23. The molecule has 5 nitrogen and oxygen atoms in total. The molecule has 0 aromatic carbocycles. The lowest BCUT2D eigenvalue weighted by Gasteiger charge is -2.09. The molecule has 0 aliphatic carbocycles. The molecular formula is C10H18N2O3S. The molecule has 0 saturated heterocycles. The first-order valence-electron chi connectivity index (χ1n) is 5.15. The highest BCUT2D eigenvalue weighted by Gasteiger charge is 2.14. The first kappa shape index (κ1) is 13.2. The molecule has 1 aromatic heterocycles. The van der Waals surface area contributed by atoms with Crippen LogP contribution >= 0.6 is 0 Å². The van der Waals surface area contributed by atoms with Crippen LogP contribution in [0.3, 0.4) is 0 Å². The maximum atomic E-state index is 10.9. The van der Waals surface area contributed by atoms with E-state index in [1.54, 1.807) is 10.9 Å². The zero-order valence-electron chi connectivity index (χ0n) is 9.84. The second-order valence-electron chi connectivity index (χ2n) is 4.10. The Labute approximate surface area is 96.0 Å². The SMILES string of the molecule is Cc1c(C(O)CCCS(C)(=O)=O)cnn1C. The van der Waals surface area contributed by atoms with Gasteiger partial charge in [0.05, 0.1) is 12.3 Å². The van der Waals surface area contributed by atoms with Crippen LogP contribution in [0.1, 0.15) is 30.2 Å². The fourth-order valence-electron chi connectivity index (χ4n) is 1.54. The third-order valence-electron chi connectivity index (χ3n) is 2.62. The fraction of sp³-hybridized carbons (Fsp3) is 0.700. The van der Waals surface area contributed by atoms with Crippen molar-refractivity contribution < 1.29 is 13.5 Å². The lowest BCUT2D eigenvalue weighted by Crippen LogP contribution is -2.06. The van der Waals surface area contributed by atoms with Crippen LogP contribution in [0, 0.1) is 6.92 Å². The maximum Gasteiger partial charge on any atom is 0.147 e. The first-order chi connectivity index (χ1) is 7.31. The van der Waals surface area contributed by atoms with Gasteiger partial charge in [-0.25, -0.2) is 8.42 Å². The van der Waals surface area contributed by atoms with Crippen LogP contribution in [0.2, 0.25) is 0 Å². The Balaban J connectivity index is 2.53. The van der Waals surface area contributed by atoms with Gasteiger partial charge in [-0.2, -0.15) is 5.10 Å². The minimum atomic E-state index is -2.94. The third kappa shape index (κ3) is 3.61. The molecule has 0 saturated carbocycles. The van der Waals surface area contributed by atoms with Crippen LogP contribution in [-0.2, 0) is 16.9 Å². The van der Waals surface area contributed by atoms with Crippen molar-refractivity contribution in [3.05, 3.63) is 17.5 Å². The zero-order chi connectivity index (χ0) is 12.3. The van der Waals surface area contributed by atoms with Crippen molar-refractivity contribution in [3.63, 3.8) is 0 Å². The predicted octanol–water partition coefficient (Wildman–Crippen LogP) is 0.587. The number of sulfone groups is 1. The van der Waals surface area contributed by atoms with Gasteiger partial charge >= 0.3 is 0 Å². The summed E-state index contributed by atoms with van der Waals surface area (Å²) in [5.74, 6) is 0.114. The summed E-state index contributed by atoms with van der Waals surface area (Å²) < 4.78 is 23.5. The molecule has 0 bridgehead atoms. The van der Waals surface area contributed by atoms with Crippen LogP contribution in [0.15, 0.2) is 6.20 Å². The minimum Gasteiger partial charge on any atom is -0.388 e. The van der Waals surface area contributed by atoms with Crippen molar-refractivity contribution in [3.8, 4) is 0 Å². The van der Waals surface area contributed by atoms with Gasteiger partial charge in [0.2, 0.25) is 0 Å². The number of aromatic nitrogens is 2. The van der Waals surface area contributed by atoms with Crippen molar-refractivity contribution >= 4 is 9.84 Å². The van der Waals surface area contributed by atoms with Crippen molar-refractivity contribution in [2.75, 3.05) is 12.0 Å². The molecule has 1 heterocycles. The normalized spacial score (nSPS) is 14.0. The molecule has 0 spiro atoms. The van der Waals surface area contributed by atoms with Crippen molar-refractivity contribution in [2.24, 2.45) is 7.05 Å². The monoisotopic (exact) mass is 246 g/mol. The minimum absolute atomic E-state index is 0.114. The molecule has 1 rings (SSSR count). The molecule has 1 unspecified atom stereocenters. The summed E-state index contributed by atoms with van der Waals surface area (Å²) in [7, 11) is -1.13. The third-order valence-corrected chi connectivity index (χ3v) is 3.66. The number of rotatable bonds is 5. The lowest BCUT2D eigenvalue weighted by atomic mass is 10.1. The van der Waals surface area contributed by atoms with E-state index in [9.17, 15) is 13.5 Å². The molecule has 16 heavy (non-hydrogen) atoms. The van der Waals surface area contributed by atoms with Gasteiger partial charge in [-0.3, -0.25) is 4.68 Å². The Hall–Kier alpha value is -0.880. The Morgan fingerprint density at radius 1 is 1.56 bits per heavy atom. The van der Waals surface area contributed by atoms with E-state index < -0.39 is 15.9 Å². The summed E-state index contributed by atoms with van der Waals surface area (Å²) in [4.78, 5) is 0. The Kier molecular flexibility index (Phi) is 4.09. The quantitative estimate of drug-likeness (QED) is 0.825. The highest BCUT2D eigenvalue weighted by atomic mass is 32.2. The van der Waals surface area contributed by atoms with E-state index in [0.717, 1.165) is 11.3 Å². The molecule has 0 aliphatic rings. The molecule has 1 atom stereocenters. The number of aliphatic hydroxyl groups excluding tert-OH is 1. The standard InChI is InChI=1S/C10H18N2O3S/c1-8-9(7-11-12(8)2)10(13)5-4-6-16(3,14)15/h7,10,13H,4-6H2,1-3H3. The number of aliphatic hydroxyl groups is 1. The number of hydrogen-bond donors (Lipinski definition) is 1. The van der Waals surface area contributed by atoms with E-state index >= 15 is 0 Å². The van der Waals surface area contributed by atoms with Gasteiger partial charge < -0.3 is 5.11 Å². The average Bonchev–Trinajstić information content (AvgIpc) is 2.45. The van der Waals surface area contributed by atoms with E-state index in [-0.39, 0.29) is 5.75 Å². The van der Waals surface area contributed by atoms with Crippen molar-refractivity contribution in [1.82, 2.24) is 9.78 Å². The second kappa shape index (κ2) is 4.97. The summed E-state index contributed by atoms with van der Waals surface area (Å²) in [5.41, 5.74) is 1.68. The summed E-state index contributed by atoms with van der Waals surface area (Å²) in [6.07, 6.45) is 3.11. The Morgan fingerprint density at radius 2 is 2.19 bits per heavy atom. The summed E-state index contributed by atoms with van der Waals surface area (Å²) >= 11 is 0. The predicted molar refractivity (Wildman–Crippen MR) is 61.8 cm³/mol.